The monoisotopic (exact) mass is 406 g/mol. The molecular formula is C17H19FN6O3S. The summed E-state index contributed by atoms with van der Waals surface area (Å²) in [4.78, 5) is 8.92. The lowest BCUT2D eigenvalue weighted by molar-refractivity contribution is 0.311. The minimum atomic E-state index is -3.05. The van der Waals surface area contributed by atoms with E-state index in [0.717, 1.165) is 0 Å². The number of aliphatic hydroxyl groups is 1. The van der Waals surface area contributed by atoms with Gasteiger partial charge in [-0.2, -0.15) is 15.1 Å². The zero-order valence-electron chi connectivity index (χ0n) is 14.8. The molecular weight excluding hydrogens is 387 g/mol. The van der Waals surface area contributed by atoms with Crippen molar-refractivity contribution >= 4 is 32.6 Å². The molecule has 0 radical (unpaired) electrons. The van der Waals surface area contributed by atoms with Crippen LogP contribution in [0.3, 0.4) is 0 Å². The molecule has 1 aromatic carbocycles. The average Bonchev–Trinajstić information content (AvgIpc) is 3.23. The van der Waals surface area contributed by atoms with Crippen LogP contribution in [-0.2, 0) is 9.84 Å². The van der Waals surface area contributed by atoms with E-state index in [2.05, 4.69) is 25.7 Å². The third-order valence-electron chi connectivity index (χ3n) is 4.47. The molecule has 0 aliphatic carbocycles. The van der Waals surface area contributed by atoms with Gasteiger partial charge < -0.3 is 15.7 Å². The molecule has 1 aliphatic heterocycles. The first-order valence-corrected chi connectivity index (χ1v) is 10.6. The number of hydrogen-bond acceptors (Lipinski definition) is 8. The summed E-state index contributed by atoms with van der Waals surface area (Å²) in [6.07, 6.45) is 2.07. The van der Waals surface area contributed by atoms with Crippen molar-refractivity contribution < 1.29 is 17.9 Å². The number of hydrogen-bond donors (Lipinski definition) is 3. The van der Waals surface area contributed by atoms with Gasteiger partial charge in [-0.1, -0.05) is 0 Å². The van der Waals surface area contributed by atoms with Gasteiger partial charge in [0.05, 0.1) is 35.4 Å². The van der Waals surface area contributed by atoms with Crippen LogP contribution >= 0.6 is 0 Å². The van der Waals surface area contributed by atoms with Gasteiger partial charge in [0.1, 0.15) is 11.6 Å². The first kappa shape index (κ1) is 18.6. The Kier molecular flexibility index (Phi) is 4.85. The topological polar surface area (TPSA) is 122 Å². The summed E-state index contributed by atoms with van der Waals surface area (Å²) in [5.41, 5.74) is 1.10. The van der Waals surface area contributed by atoms with Crippen molar-refractivity contribution in [1.82, 2.24) is 19.7 Å². The lowest BCUT2D eigenvalue weighted by atomic mass is 10.3. The maximum atomic E-state index is 13.3. The molecule has 0 spiro atoms. The van der Waals surface area contributed by atoms with E-state index in [4.69, 9.17) is 5.11 Å². The summed E-state index contributed by atoms with van der Waals surface area (Å²) < 4.78 is 38.2. The zero-order chi connectivity index (χ0) is 19.7. The highest BCUT2D eigenvalue weighted by Crippen LogP contribution is 2.25. The fourth-order valence-electron chi connectivity index (χ4n) is 3.14. The Labute approximate surface area is 160 Å². The highest BCUT2D eigenvalue weighted by molar-refractivity contribution is 7.91. The number of fused-ring (bicyclic) bond motifs is 1. The number of halogens is 1. The SMILES string of the molecule is O=S1(=O)CC[C@@H](Nc2nc(NCCO)c3cnn(-c4ccc(F)cc4)c3n2)C1. The quantitative estimate of drug-likeness (QED) is 0.553. The van der Waals surface area contributed by atoms with Gasteiger partial charge in [0.15, 0.2) is 15.5 Å². The Morgan fingerprint density at radius 3 is 2.71 bits per heavy atom. The van der Waals surface area contributed by atoms with Crippen LogP contribution in [0.2, 0.25) is 0 Å². The van der Waals surface area contributed by atoms with E-state index in [-0.39, 0.29) is 42.5 Å². The first-order chi connectivity index (χ1) is 13.4. The largest absolute Gasteiger partial charge is 0.395 e. The van der Waals surface area contributed by atoms with Crippen molar-refractivity contribution in [3.05, 3.63) is 36.3 Å². The van der Waals surface area contributed by atoms with Crippen molar-refractivity contribution in [1.29, 1.82) is 0 Å². The molecule has 4 rings (SSSR count). The van der Waals surface area contributed by atoms with Crippen LogP contribution in [0.25, 0.3) is 16.7 Å². The Bertz CT molecular complexity index is 1100. The second-order valence-corrected chi connectivity index (χ2v) is 8.79. The number of aliphatic hydroxyl groups excluding tert-OH is 1. The Balaban J connectivity index is 1.75. The van der Waals surface area contributed by atoms with E-state index in [9.17, 15) is 12.8 Å². The number of nitrogens with one attached hydrogen (secondary N) is 2. The summed E-state index contributed by atoms with van der Waals surface area (Å²) in [5.74, 6) is 0.542. The summed E-state index contributed by atoms with van der Waals surface area (Å²) in [5, 5.41) is 20.2. The van der Waals surface area contributed by atoms with Gasteiger partial charge in [-0.25, -0.2) is 17.5 Å². The van der Waals surface area contributed by atoms with E-state index in [1.54, 1.807) is 23.0 Å². The molecule has 11 heteroatoms. The molecule has 0 saturated carbocycles. The molecule has 0 amide bonds. The maximum absolute atomic E-state index is 13.3. The fourth-order valence-corrected chi connectivity index (χ4v) is 4.82. The van der Waals surface area contributed by atoms with Crippen LogP contribution in [0.1, 0.15) is 6.42 Å². The molecule has 3 N–H and O–H groups in total. The van der Waals surface area contributed by atoms with E-state index >= 15 is 0 Å². The second-order valence-electron chi connectivity index (χ2n) is 6.56. The van der Waals surface area contributed by atoms with Crippen LogP contribution in [-0.4, -0.2) is 64.0 Å². The van der Waals surface area contributed by atoms with Crippen LogP contribution in [0, 0.1) is 5.82 Å². The number of rotatable bonds is 6. The highest BCUT2D eigenvalue weighted by atomic mass is 32.2. The highest BCUT2D eigenvalue weighted by Gasteiger charge is 2.28. The third-order valence-corrected chi connectivity index (χ3v) is 6.24. The molecule has 28 heavy (non-hydrogen) atoms. The molecule has 0 unspecified atom stereocenters. The van der Waals surface area contributed by atoms with Crippen LogP contribution in [0.4, 0.5) is 16.2 Å². The van der Waals surface area contributed by atoms with Crippen molar-refractivity contribution in [3.63, 3.8) is 0 Å². The first-order valence-electron chi connectivity index (χ1n) is 8.78. The molecule has 9 nitrogen and oxygen atoms in total. The smallest absolute Gasteiger partial charge is 0.226 e. The van der Waals surface area contributed by atoms with Gasteiger partial charge in [-0.3, -0.25) is 0 Å². The number of nitrogens with zero attached hydrogens (tertiary/aromatic N) is 4. The van der Waals surface area contributed by atoms with Crippen LogP contribution in [0.5, 0.6) is 0 Å². The molecule has 3 aromatic rings. The van der Waals surface area contributed by atoms with Gasteiger partial charge in [-0.05, 0) is 30.7 Å². The molecule has 0 bridgehead atoms. The second kappa shape index (κ2) is 7.32. The van der Waals surface area contributed by atoms with Crippen molar-refractivity contribution in [2.24, 2.45) is 0 Å². The molecule has 1 atom stereocenters. The standard InChI is InChI=1S/C17H19FN6O3S/c18-11-1-3-13(4-2-11)24-16-14(9-20-24)15(19-6-7-25)22-17(23-16)21-12-5-8-28(26,27)10-12/h1-4,9,12,25H,5-8,10H2,(H2,19,21,22,23)/t12-/m1/s1. The fraction of sp³-hybridized carbons (Fsp3) is 0.353. The zero-order valence-corrected chi connectivity index (χ0v) is 15.7. The average molecular weight is 406 g/mol. The minimum absolute atomic E-state index is 0.0328. The van der Waals surface area contributed by atoms with Gasteiger partial charge in [-0.15, -0.1) is 0 Å². The van der Waals surface area contributed by atoms with Gasteiger partial charge in [0.25, 0.3) is 0 Å². The van der Waals surface area contributed by atoms with Crippen molar-refractivity contribution in [2.45, 2.75) is 12.5 Å². The summed E-state index contributed by atoms with van der Waals surface area (Å²) in [6, 6.07) is 5.56. The molecule has 3 heterocycles. The predicted molar refractivity (Wildman–Crippen MR) is 103 cm³/mol. The normalized spacial score (nSPS) is 18.4. The Hall–Kier alpha value is -2.79. The lowest BCUT2D eigenvalue weighted by Gasteiger charge is -2.13. The van der Waals surface area contributed by atoms with E-state index in [1.165, 1.54) is 12.1 Å². The predicted octanol–water partition coefficient (Wildman–Crippen LogP) is 0.958. The van der Waals surface area contributed by atoms with Crippen LogP contribution < -0.4 is 10.6 Å². The number of anilines is 2. The Morgan fingerprint density at radius 1 is 1.25 bits per heavy atom. The molecule has 2 aromatic heterocycles. The number of sulfone groups is 1. The van der Waals surface area contributed by atoms with E-state index in [1.807, 2.05) is 0 Å². The van der Waals surface area contributed by atoms with Gasteiger partial charge in [0.2, 0.25) is 5.95 Å². The summed E-state index contributed by atoms with van der Waals surface area (Å²) in [6.45, 7) is 0.201. The summed E-state index contributed by atoms with van der Waals surface area (Å²) in [7, 11) is -3.05. The van der Waals surface area contributed by atoms with E-state index in [0.29, 0.717) is 29.0 Å². The van der Waals surface area contributed by atoms with Gasteiger partial charge in [0, 0.05) is 12.6 Å². The number of benzene rings is 1. The number of aromatic nitrogens is 4. The Morgan fingerprint density at radius 2 is 2.04 bits per heavy atom. The summed E-state index contributed by atoms with van der Waals surface area (Å²) >= 11 is 0. The van der Waals surface area contributed by atoms with Crippen LogP contribution in [0.15, 0.2) is 30.5 Å². The van der Waals surface area contributed by atoms with Gasteiger partial charge >= 0.3 is 0 Å². The minimum Gasteiger partial charge on any atom is -0.395 e. The maximum Gasteiger partial charge on any atom is 0.226 e. The molecule has 148 valence electrons. The molecule has 1 fully saturated rings. The third kappa shape index (κ3) is 3.76. The van der Waals surface area contributed by atoms with Crippen molar-refractivity contribution in [2.75, 3.05) is 35.3 Å². The molecule has 1 saturated heterocycles. The van der Waals surface area contributed by atoms with Crippen molar-refractivity contribution in [3.8, 4) is 5.69 Å². The lowest BCUT2D eigenvalue weighted by Crippen LogP contribution is -2.22. The van der Waals surface area contributed by atoms with E-state index < -0.39 is 9.84 Å². The molecule has 1 aliphatic rings.